The number of carbonyl (C=O) groups excluding carboxylic acids is 1. The third-order valence-electron chi connectivity index (χ3n) is 4.83. The van der Waals surface area contributed by atoms with Crippen LogP contribution >= 0.6 is 0 Å². The molecule has 0 saturated carbocycles. The first-order valence-electron chi connectivity index (χ1n) is 8.61. The zero-order chi connectivity index (χ0) is 18.9. The molecule has 1 saturated heterocycles. The third-order valence-corrected chi connectivity index (χ3v) is 6.53. The number of hydrogen-bond acceptors (Lipinski definition) is 4. The van der Waals surface area contributed by atoms with Crippen molar-refractivity contribution in [2.75, 3.05) is 25.2 Å². The number of aryl methyl sites for hydroxylation is 2. The van der Waals surface area contributed by atoms with E-state index in [0.717, 1.165) is 0 Å². The molecule has 8 heteroatoms. The van der Waals surface area contributed by atoms with Crippen molar-refractivity contribution in [3.8, 4) is 0 Å². The lowest BCUT2D eigenvalue weighted by atomic mass is 10.1. The summed E-state index contributed by atoms with van der Waals surface area (Å²) in [6.45, 7) is 2.53. The van der Waals surface area contributed by atoms with E-state index in [1.165, 1.54) is 29.1 Å². The molecule has 2 heterocycles. The van der Waals surface area contributed by atoms with Gasteiger partial charge >= 0.3 is 6.03 Å². The molecule has 2 unspecified atom stereocenters. The SMILES string of the molecule is COC1CS(=O)(=O)CC1NC(=O)NCCc1cn(C)c2cc(C)ccc12. The number of amides is 2. The number of ether oxygens (including phenoxy) is 1. The second-order valence-electron chi connectivity index (χ2n) is 6.89. The van der Waals surface area contributed by atoms with Crippen LogP contribution in [0.2, 0.25) is 0 Å². The molecule has 1 aliphatic rings. The lowest BCUT2D eigenvalue weighted by Crippen LogP contribution is -2.48. The van der Waals surface area contributed by atoms with Gasteiger partial charge in [0, 0.05) is 37.8 Å². The number of benzene rings is 1. The summed E-state index contributed by atoms with van der Waals surface area (Å²) < 4.78 is 30.6. The molecule has 1 aromatic heterocycles. The van der Waals surface area contributed by atoms with Crippen molar-refractivity contribution in [1.82, 2.24) is 15.2 Å². The molecule has 3 rings (SSSR count). The van der Waals surface area contributed by atoms with Gasteiger partial charge in [0.15, 0.2) is 9.84 Å². The number of hydrogen-bond donors (Lipinski definition) is 2. The zero-order valence-corrected chi connectivity index (χ0v) is 16.1. The van der Waals surface area contributed by atoms with Gasteiger partial charge in [-0.15, -0.1) is 0 Å². The molecule has 0 bridgehead atoms. The summed E-state index contributed by atoms with van der Waals surface area (Å²) in [5.41, 5.74) is 3.55. The van der Waals surface area contributed by atoms with E-state index in [9.17, 15) is 13.2 Å². The Hall–Kier alpha value is -2.06. The maximum absolute atomic E-state index is 12.1. The number of methoxy groups -OCH3 is 1. The van der Waals surface area contributed by atoms with Crippen molar-refractivity contribution >= 4 is 26.8 Å². The first kappa shape index (κ1) is 18.7. The van der Waals surface area contributed by atoms with Gasteiger partial charge in [0.05, 0.1) is 23.7 Å². The van der Waals surface area contributed by atoms with E-state index in [1.807, 2.05) is 7.05 Å². The highest BCUT2D eigenvalue weighted by Crippen LogP contribution is 2.22. The number of sulfone groups is 1. The Balaban J connectivity index is 1.56. The van der Waals surface area contributed by atoms with Crippen LogP contribution in [-0.2, 0) is 28.0 Å². The third kappa shape index (κ3) is 4.02. The van der Waals surface area contributed by atoms with Gasteiger partial charge in [-0.3, -0.25) is 0 Å². The van der Waals surface area contributed by atoms with Gasteiger partial charge in [-0.1, -0.05) is 12.1 Å². The number of rotatable bonds is 5. The standard InChI is InChI=1S/C18H25N3O4S/c1-12-4-5-14-13(9-21(2)16(14)8-12)6-7-19-18(22)20-15-10-26(23,24)11-17(15)25-3/h4-5,8-9,15,17H,6-7,10-11H2,1-3H3,(H2,19,20,22). The van der Waals surface area contributed by atoms with Gasteiger partial charge in [-0.05, 0) is 30.5 Å². The second kappa shape index (κ2) is 7.28. The van der Waals surface area contributed by atoms with E-state index < -0.39 is 22.0 Å². The molecular formula is C18H25N3O4S. The molecule has 0 aliphatic carbocycles. The Morgan fingerprint density at radius 3 is 2.85 bits per heavy atom. The predicted molar refractivity (Wildman–Crippen MR) is 101 cm³/mol. The number of nitrogens with one attached hydrogen (secondary N) is 2. The van der Waals surface area contributed by atoms with Crippen LogP contribution in [0.25, 0.3) is 10.9 Å². The van der Waals surface area contributed by atoms with Gasteiger partial charge in [0.1, 0.15) is 0 Å². The minimum atomic E-state index is -3.16. The Morgan fingerprint density at radius 1 is 1.35 bits per heavy atom. The van der Waals surface area contributed by atoms with Crippen molar-refractivity contribution in [3.63, 3.8) is 0 Å². The van der Waals surface area contributed by atoms with Crippen molar-refractivity contribution in [3.05, 3.63) is 35.5 Å². The Kier molecular flexibility index (Phi) is 5.24. The predicted octanol–water partition coefficient (Wildman–Crippen LogP) is 1.14. The number of nitrogens with zero attached hydrogens (tertiary/aromatic N) is 1. The monoisotopic (exact) mass is 379 g/mol. The van der Waals surface area contributed by atoms with Gasteiger partial charge in [0.2, 0.25) is 0 Å². The summed E-state index contributed by atoms with van der Waals surface area (Å²) in [7, 11) is 0.308. The maximum Gasteiger partial charge on any atom is 0.315 e. The summed E-state index contributed by atoms with van der Waals surface area (Å²) in [4.78, 5) is 12.1. The fourth-order valence-electron chi connectivity index (χ4n) is 3.49. The topological polar surface area (TPSA) is 89.4 Å². The smallest absolute Gasteiger partial charge is 0.315 e. The van der Waals surface area contributed by atoms with E-state index in [4.69, 9.17) is 4.74 Å². The van der Waals surface area contributed by atoms with Crippen LogP contribution in [0.3, 0.4) is 0 Å². The van der Waals surface area contributed by atoms with E-state index in [0.29, 0.717) is 13.0 Å². The molecular weight excluding hydrogens is 354 g/mol. The summed E-state index contributed by atoms with van der Waals surface area (Å²) in [5, 5.41) is 6.70. The van der Waals surface area contributed by atoms with Crippen molar-refractivity contribution in [2.45, 2.75) is 25.5 Å². The lowest BCUT2D eigenvalue weighted by molar-refractivity contribution is 0.101. The van der Waals surface area contributed by atoms with Gasteiger partial charge in [-0.25, -0.2) is 13.2 Å². The fraction of sp³-hybridized carbons (Fsp3) is 0.500. The maximum atomic E-state index is 12.1. The molecule has 142 valence electrons. The minimum Gasteiger partial charge on any atom is -0.378 e. The largest absolute Gasteiger partial charge is 0.378 e. The highest BCUT2D eigenvalue weighted by atomic mass is 32.2. The van der Waals surface area contributed by atoms with Gasteiger partial charge < -0.3 is 19.9 Å². The Morgan fingerprint density at radius 2 is 2.12 bits per heavy atom. The molecule has 7 nitrogen and oxygen atoms in total. The number of urea groups is 1. The van der Waals surface area contributed by atoms with E-state index in [2.05, 4.69) is 46.5 Å². The lowest BCUT2D eigenvalue weighted by Gasteiger charge is -2.18. The van der Waals surface area contributed by atoms with Crippen LogP contribution in [0.1, 0.15) is 11.1 Å². The summed E-state index contributed by atoms with van der Waals surface area (Å²) in [5.74, 6) is -0.133. The molecule has 0 spiro atoms. The normalized spacial score (nSPS) is 21.8. The molecule has 2 N–H and O–H groups in total. The van der Waals surface area contributed by atoms with Crippen LogP contribution in [-0.4, -0.2) is 56.3 Å². The van der Waals surface area contributed by atoms with Crippen LogP contribution in [0.5, 0.6) is 0 Å². The van der Waals surface area contributed by atoms with Crippen LogP contribution in [0.4, 0.5) is 4.79 Å². The second-order valence-corrected chi connectivity index (χ2v) is 9.05. The Labute approximate surface area is 153 Å². The molecule has 1 aromatic carbocycles. The first-order valence-corrected chi connectivity index (χ1v) is 10.4. The Bertz CT molecular complexity index is 920. The van der Waals surface area contributed by atoms with Gasteiger partial charge in [-0.2, -0.15) is 0 Å². The average molecular weight is 379 g/mol. The first-order chi connectivity index (χ1) is 12.3. The zero-order valence-electron chi connectivity index (χ0n) is 15.3. The average Bonchev–Trinajstić information content (AvgIpc) is 3.03. The summed E-state index contributed by atoms with van der Waals surface area (Å²) in [6.07, 6.45) is 2.28. The fourth-order valence-corrected chi connectivity index (χ4v) is 5.34. The molecule has 2 amide bonds. The van der Waals surface area contributed by atoms with E-state index in [1.54, 1.807) is 0 Å². The molecule has 0 radical (unpaired) electrons. The number of fused-ring (bicyclic) bond motifs is 1. The van der Waals surface area contributed by atoms with Crippen molar-refractivity contribution < 1.29 is 17.9 Å². The quantitative estimate of drug-likeness (QED) is 0.815. The molecule has 2 atom stereocenters. The minimum absolute atomic E-state index is 0.0517. The summed E-state index contributed by atoms with van der Waals surface area (Å²) >= 11 is 0. The van der Waals surface area contributed by atoms with Crippen molar-refractivity contribution in [2.24, 2.45) is 7.05 Å². The molecule has 2 aromatic rings. The van der Waals surface area contributed by atoms with E-state index in [-0.39, 0.29) is 17.5 Å². The van der Waals surface area contributed by atoms with Crippen LogP contribution in [0, 0.1) is 6.92 Å². The summed E-state index contributed by atoms with van der Waals surface area (Å²) in [6, 6.07) is 5.45. The van der Waals surface area contributed by atoms with Crippen molar-refractivity contribution in [1.29, 1.82) is 0 Å². The highest BCUT2D eigenvalue weighted by Gasteiger charge is 2.38. The molecule has 1 fully saturated rings. The highest BCUT2D eigenvalue weighted by molar-refractivity contribution is 7.91. The van der Waals surface area contributed by atoms with E-state index >= 15 is 0 Å². The van der Waals surface area contributed by atoms with Crippen LogP contribution < -0.4 is 10.6 Å². The molecule has 1 aliphatic heterocycles. The number of carbonyl (C=O) groups is 1. The van der Waals surface area contributed by atoms with Crippen LogP contribution in [0.15, 0.2) is 24.4 Å². The number of aromatic nitrogens is 1. The molecule has 26 heavy (non-hydrogen) atoms. The van der Waals surface area contributed by atoms with Gasteiger partial charge in [0.25, 0.3) is 0 Å².